The average molecular weight is 555 g/mol. The molecule has 0 amide bonds. The smallest absolute Gasteiger partial charge is 0.338 e. The number of rotatable bonds is 4. The number of halogens is 2. The van der Waals surface area contributed by atoms with E-state index in [1.165, 1.54) is 15.9 Å². The summed E-state index contributed by atoms with van der Waals surface area (Å²) >= 11 is 9.37. The van der Waals surface area contributed by atoms with Crippen LogP contribution < -0.4 is 14.9 Å². The van der Waals surface area contributed by atoms with Gasteiger partial charge in [0.1, 0.15) is 5.76 Å². The van der Waals surface area contributed by atoms with Gasteiger partial charge in [0.2, 0.25) is 0 Å². The first-order chi connectivity index (χ1) is 14.4. The largest absolute Gasteiger partial charge is 0.463 e. The quantitative estimate of drug-likeness (QED) is 0.365. The molecule has 0 bridgehead atoms. The van der Waals surface area contributed by atoms with Crippen molar-refractivity contribution in [2.24, 2.45) is 4.99 Å². The molecule has 1 aromatic carbocycles. The Balaban J connectivity index is 1.96. The number of benzene rings is 1. The van der Waals surface area contributed by atoms with Crippen LogP contribution in [0, 0.1) is 3.77 Å². The van der Waals surface area contributed by atoms with Gasteiger partial charge in [0.05, 0.1) is 28.5 Å². The van der Waals surface area contributed by atoms with Crippen LogP contribution in [-0.4, -0.2) is 17.1 Å². The Morgan fingerprint density at radius 1 is 1.33 bits per heavy atom. The molecule has 0 saturated heterocycles. The molecule has 0 saturated carbocycles. The molecule has 0 fully saturated rings. The van der Waals surface area contributed by atoms with E-state index in [1.807, 2.05) is 6.07 Å². The number of nitrogens with zero attached hydrogens (tertiary/aromatic N) is 2. The zero-order valence-electron chi connectivity index (χ0n) is 16.0. The molecule has 3 aromatic rings. The lowest BCUT2D eigenvalue weighted by Crippen LogP contribution is -2.39. The van der Waals surface area contributed by atoms with E-state index < -0.39 is 12.0 Å². The van der Waals surface area contributed by atoms with E-state index in [1.54, 1.807) is 50.3 Å². The molecule has 1 aliphatic rings. The number of esters is 1. The van der Waals surface area contributed by atoms with Crippen LogP contribution in [-0.2, 0) is 9.53 Å². The Hall–Kier alpha value is -2.17. The predicted molar refractivity (Wildman–Crippen MR) is 123 cm³/mol. The number of hydrogen-bond donors (Lipinski definition) is 0. The Labute approximate surface area is 194 Å². The zero-order chi connectivity index (χ0) is 21.4. The summed E-state index contributed by atoms with van der Waals surface area (Å²) in [7, 11) is 0. The van der Waals surface area contributed by atoms with Gasteiger partial charge in [0.15, 0.2) is 8.57 Å². The number of thiazole rings is 1. The SMILES string of the molecule is CCOC(=O)C1=C(C)N=c2s/c(=C/c3ccc(I)o3)c(=O)n2[C@H]1c1ccc(Cl)cc1. The summed E-state index contributed by atoms with van der Waals surface area (Å²) in [5.74, 6) is 0.0857. The fourth-order valence-corrected chi connectivity index (χ4v) is 4.87. The molecule has 9 heteroatoms. The van der Waals surface area contributed by atoms with Gasteiger partial charge in [-0.15, -0.1) is 0 Å². The van der Waals surface area contributed by atoms with E-state index in [0.717, 1.165) is 9.33 Å². The first-order valence-electron chi connectivity index (χ1n) is 9.09. The van der Waals surface area contributed by atoms with Crippen molar-refractivity contribution < 1.29 is 13.9 Å². The van der Waals surface area contributed by atoms with Gasteiger partial charge in [-0.2, -0.15) is 0 Å². The molecule has 1 aliphatic heterocycles. The van der Waals surface area contributed by atoms with E-state index in [-0.39, 0.29) is 12.2 Å². The number of aromatic nitrogens is 1. The molecular weight excluding hydrogens is 539 g/mol. The lowest BCUT2D eigenvalue weighted by molar-refractivity contribution is -0.139. The fraction of sp³-hybridized carbons (Fsp3) is 0.190. The average Bonchev–Trinajstić information content (AvgIpc) is 3.24. The number of hydrogen-bond acceptors (Lipinski definition) is 6. The highest BCUT2D eigenvalue weighted by atomic mass is 127. The van der Waals surface area contributed by atoms with Crippen LogP contribution >= 0.6 is 45.5 Å². The van der Waals surface area contributed by atoms with E-state index in [2.05, 4.69) is 27.6 Å². The van der Waals surface area contributed by atoms with E-state index in [0.29, 0.717) is 31.4 Å². The van der Waals surface area contributed by atoms with Crippen LogP contribution in [0.15, 0.2) is 61.9 Å². The Kier molecular flexibility index (Phi) is 5.99. The summed E-state index contributed by atoms with van der Waals surface area (Å²) in [5.41, 5.74) is 1.36. The second-order valence-electron chi connectivity index (χ2n) is 6.50. The van der Waals surface area contributed by atoms with Crippen molar-refractivity contribution in [3.05, 3.63) is 87.5 Å². The van der Waals surface area contributed by atoms with Crippen molar-refractivity contribution in [3.63, 3.8) is 0 Å². The second kappa shape index (κ2) is 8.52. The molecule has 154 valence electrons. The normalized spacial score (nSPS) is 16.4. The number of carbonyl (C=O) groups is 1. The van der Waals surface area contributed by atoms with Crippen LogP contribution in [0.1, 0.15) is 31.2 Å². The highest BCUT2D eigenvalue weighted by Crippen LogP contribution is 2.31. The number of allylic oxidation sites excluding steroid dienone is 1. The van der Waals surface area contributed by atoms with Crippen LogP contribution in [0.3, 0.4) is 0 Å². The molecule has 0 unspecified atom stereocenters. The Morgan fingerprint density at radius 2 is 2.07 bits per heavy atom. The summed E-state index contributed by atoms with van der Waals surface area (Å²) in [5, 5.41) is 0.567. The van der Waals surface area contributed by atoms with Crippen LogP contribution in [0.2, 0.25) is 5.02 Å². The van der Waals surface area contributed by atoms with E-state index in [4.69, 9.17) is 20.8 Å². The van der Waals surface area contributed by atoms with Crippen LogP contribution in [0.4, 0.5) is 0 Å². The van der Waals surface area contributed by atoms with Gasteiger partial charge < -0.3 is 9.15 Å². The van der Waals surface area contributed by atoms with Crippen molar-refractivity contribution >= 4 is 57.6 Å². The van der Waals surface area contributed by atoms with Crippen molar-refractivity contribution in [1.29, 1.82) is 0 Å². The Morgan fingerprint density at radius 3 is 2.70 bits per heavy atom. The van der Waals surface area contributed by atoms with Gasteiger partial charge in [-0.05, 0) is 66.3 Å². The maximum absolute atomic E-state index is 13.3. The molecule has 0 N–H and O–H groups in total. The minimum absolute atomic E-state index is 0.227. The van der Waals surface area contributed by atoms with Crippen molar-refractivity contribution in [3.8, 4) is 0 Å². The van der Waals surface area contributed by atoms with E-state index >= 15 is 0 Å². The van der Waals surface area contributed by atoms with E-state index in [9.17, 15) is 9.59 Å². The highest BCUT2D eigenvalue weighted by Gasteiger charge is 2.33. The molecule has 0 aliphatic carbocycles. The number of furan rings is 1. The van der Waals surface area contributed by atoms with Gasteiger partial charge in [-0.25, -0.2) is 9.79 Å². The summed E-state index contributed by atoms with van der Waals surface area (Å²) in [6, 6.07) is 10.0. The highest BCUT2D eigenvalue weighted by molar-refractivity contribution is 14.1. The minimum Gasteiger partial charge on any atom is -0.463 e. The third-order valence-corrected chi connectivity index (χ3v) is 6.38. The fourth-order valence-electron chi connectivity index (χ4n) is 3.29. The van der Waals surface area contributed by atoms with Gasteiger partial charge in [-0.1, -0.05) is 35.1 Å². The number of ether oxygens (including phenoxy) is 1. The zero-order valence-corrected chi connectivity index (χ0v) is 19.7. The van der Waals surface area contributed by atoms with Gasteiger partial charge in [-0.3, -0.25) is 9.36 Å². The monoisotopic (exact) mass is 554 g/mol. The second-order valence-corrected chi connectivity index (χ2v) is 9.00. The molecule has 3 heterocycles. The molecule has 2 aromatic heterocycles. The number of carbonyl (C=O) groups excluding carboxylic acids is 1. The third-order valence-electron chi connectivity index (χ3n) is 4.57. The molecule has 4 rings (SSSR count). The lowest BCUT2D eigenvalue weighted by Gasteiger charge is -2.24. The van der Waals surface area contributed by atoms with Crippen molar-refractivity contribution in [1.82, 2.24) is 4.57 Å². The molecule has 1 atom stereocenters. The van der Waals surface area contributed by atoms with Gasteiger partial charge in [0, 0.05) is 11.1 Å². The maximum Gasteiger partial charge on any atom is 0.338 e. The topological polar surface area (TPSA) is 73.8 Å². The minimum atomic E-state index is -0.656. The molecular formula is C21H16ClIN2O4S. The van der Waals surface area contributed by atoms with Crippen molar-refractivity contribution in [2.75, 3.05) is 6.61 Å². The molecule has 6 nitrogen and oxygen atoms in total. The summed E-state index contributed by atoms with van der Waals surface area (Å²) in [4.78, 5) is 31.2. The van der Waals surface area contributed by atoms with Crippen LogP contribution in [0.5, 0.6) is 0 Å². The molecule has 0 radical (unpaired) electrons. The number of fused-ring (bicyclic) bond motifs is 1. The van der Waals surface area contributed by atoms with Crippen LogP contribution in [0.25, 0.3) is 6.08 Å². The summed E-state index contributed by atoms with van der Waals surface area (Å²) in [6.45, 7) is 3.72. The maximum atomic E-state index is 13.3. The standard InChI is InChI=1S/C21H16ClIN2O4S/c1-3-28-20(27)17-11(2)24-21-25(18(17)12-4-6-13(22)7-5-12)19(26)15(30-21)10-14-8-9-16(23)29-14/h4-10,18H,3H2,1-2H3/b15-10+/t18-/m0/s1. The van der Waals surface area contributed by atoms with Crippen molar-refractivity contribution in [2.45, 2.75) is 19.9 Å². The predicted octanol–water partition coefficient (Wildman–Crippen LogP) is 3.65. The summed E-state index contributed by atoms with van der Waals surface area (Å²) in [6.07, 6.45) is 1.69. The first-order valence-corrected chi connectivity index (χ1v) is 11.4. The molecule has 0 spiro atoms. The summed E-state index contributed by atoms with van der Waals surface area (Å²) < 4.78 is 13.6. The molecule has 30 heavy (non-hydrogen) atoms. The lowest BCUT2D eigenvalue weighted by atomic mass is 9.96. The van der Waals surface area contributed by atoms with Gasteiger partial charge >= 0.3 is 5.97 Å². The Bertz CT molecular complexity index is 1330. The third kappa shape index (κ3) is 3.91. The van der Waals surface area contributed by atoms with Gasteiger partial charge in [0.25, 0.3) is 5.56 Å². The first kappa shape index (κ1) is 21.1.